The van der Waals surface area contributed by atoms with Gasteiger partial charge in [-0.05, 0) is 37.6 Å². The first-order valence-corrected chi connectivity index (χ1v) is 6.53. The Kier molecular flexibility index (Phi) is 6.52. The minimum atomic E-state index is -0.780. The monoisotopic (exact) mass is 280 g/mol. The van der Waals surface area contributed by atoms with E-state index in [-0.39, 0.29) is 6.54 Å². The molecule has 6 nitrogen and oxygen atoms in total. The Labute approximate surface area is 118 Å². The molecule has 1 unspecified atom stereocenters. The van der Waals surface area contributed by atoms with Crippen molar-refractivity contribution in [2.45, 2.75) is 26.4 Å². The van der Waals surface area contributed by atoms with Crippen LogP contribution in [0.3, 0.4) is 0 Å². The van der Waals surface area contributed by atoms with Crippen LogP contribution in [0.4, 0.5) is 5.69 Å². The van der Waals surface area contributed by atoms with Crippen molar-refractivity contribution < 1.29 is 19.4 Å². The highest BCUT2D eigenvalue weighted by molar-refractivity contribution is 6.39. The molecule has 0 heterocycles. The zero-order valence-corrected chi connectivity index (χ0v) is 11.7. The zero-order chi connectivity index (χ0) is 15.0. The molecule has 0 aliphatic carbocycles. The highest BCUT2D eigenvalue weighted by Gasteiger charge is 2.13. The van der Waals surface area contributed by atoms with E-state index in [1.807, 2.05) is 6.92 Å². The molecule has 2 amide bonds. The third kappa shape index (κ3) is 5.71. The number of anilines is 1. The maximum Gasteiger partial charge on any atom is 0.313 e. The number of rotatable bonds is 6. The van der Waals surface area contributed by atoms with Gasteiger partial charge in [0.25, 0.3) is 0 Å². The number of aliphatic hydroxyl groups is 1. The first kappa shape index (κ1) is 16.0. The number of nitrogens with one attached hydrogen (secondary N) is 2. The van der Waals surface area contributed by atoms with Gasteiger partial charge in [-0.3, -0.25) is 9.59 Å². The number of amides is 2. The Morgan fingerprint density at radius 2 is 1.90 bits per heavy atom. The van der Waals surface area contributed by atoms with Gasteiger partial charge in [0.1, 0.15) is 5.75 Å². The topological polar surface area (TPSA) is 87.7 Å². The van der Waals surface area contributed by atoms with E-state index in [1.54, 1.807) is 24.3 Å². The molecular weight excluding hydrogens is 260 g/mol. The lowest BCUT2D eigenvalue weighted by molar-refractivity contribution is -0.136. The van der Waals surface area contributed by atoms with Crippen LogP contribution in [-0.2, 0) is 9.59 Å². The molecule has 0 saturated heterocycles. The molecule has 1 atom stereocenters. The summed E-state index contributed by atoms with van der Waals surface area (Å²) in [7, 11) is 0. The second-order valence-electron chi connectivity index (χ2n) is 4.39. The number of aliphatic hydroxyl groups excluding tert-OH is 1. The smallest absolute Gasteiger partial charge is 0.313 e. The van der Waals surface area contributed by atoms with E-state index in [2.05, 4.69) is 10.6 Å². The number of benzene rings is 1. The molecule has 0 saturated carbocycles. The lowest BCUT2D eigenvalue weighted by Crippen LogP contribution is -2.38. The van der Waals surface area contributed by atoms with Gasteiger partial charge in [-0.1, -0.05) is 6.92 Å². The maximum absolute atomic E-state index is 11.5. The second kappa shape index (κ2) is 8.16. The van der Waals surface area contributed by atoms with Gasteiger partial charge < -0.3 is 20.5 Å². The quantitative estimate of drug-likeness (QED) is 0.676. The van der Waals surface area contributed by atoms with Crippen molar-refractivity contribution in [1.82, 2.24) is 5.32 Å². The van der Waals surface area contributed by atoms with Gasteiger partial charge in [-0.2, -0.15) is 0 Å². The predicted octanol–water partition coefficient (Wildman–Crippen LogP) is 0.911. The van der Waals surface area contributed by atoms with Gasteiger partial charge in [0.15, 0.2) is 0 Å². The van der Waals surface area contributed by atoms with Gasteiger partial charge in [0, 0.05) is 12.2 Å². The van der Waals surface area contributed by atoms with E-state index in [1.165, 1.54) is 6.92 Å². The summed E-state index contributed by atoms with van der Waals surface area (Å²) in [6, 6.07) is 6.76. The van der Waals surface area contributed by atoms with E-state index >= 15 is 0 Å². The average Bonchev–Trinajstić information content (AvgIpc) is 2.43. The summed E-state index contributed by atoms with van der Waals surface area (Å²) in [6.07, 6.45) is 0.226. The Hall–Kier alpha value is -2.08. The predicted molar refractivity (Wildman–Crippen MR) is 75.5 cm³/mol. The molecule has 1 aromatic carbocycles. The third-order valence-corrected chi connectivity index (χ3v) is 2.35. The lowest BCUT2D eigenvalue weighted by Gasteiger charge is -2.09. The van der Waals surface area contributed by atoms with Crippen molar-refractivity contribution >= 4 is 17.5 Å². The molecule has 1 aromatic rings. The maximum atomic E-state index is 11.5. The fourth-order valence-electron chi connectivity index (χ4n) is 1.36. The van der Waals surface area contributed by atoms with Gasteiger partial charge in [-0.25, -0.2) is 0 Å². The van der Waals surface area contributed by atoms with Crippen LogP contribution in [0.2, 0.25) is 0 Å². The van der Waals surface area contributed by atoms with Crippen molar-refractivity contribution in [2.24, 2.45) is 0 Å². The van der Waals surface area contributed by atoms with Gasteiger partial charge in [-0.15, -0.1) is 0 Å². The minimum Gasteiger partial charge on any atom is -0.494 e. The van der Waals surface area contributed by atoms with E-state index in [0.29, 0.717) is 18.0 Å². The number of ether oxygens (including phenoxy) is 1. The lowest BCUT2D eigenvalue weighted by atomic mass is 10.3. The van der Waals surface area contributed by atoms with Crippen molar-refractivity contribution in [1.29, 1.82) is 0 Å². The van der Waals surface area contributed by atoms with Gasteiger partial charge >= 0.3 is 11.8 Å². The standard InChI is InChI=1S/C14H20N2O4/c1-3-8-20-12-6-4-11(5-7-12)16-14(19)13(18)15-9-10(2)17/h4-7,10,17H,3,8-9H2,1-2H3,(H,15,18)(H,16,19). The first-order valence-electron chi connectivity index (χ1n) is 6.53. The van der Waals surface area contributed by atoms with Crippen LogP contribution in [0.5, 0.6) is 5.75 Å². The van der Waals surface area contributed by atoms with Crippen LogP contribution in [0.25, 0.3) is 0 Å². The second-order valence-corrected chi connectivity index (χ2v) is 4.39. The molecule has 0 bridgehead atoms. The SMILES string of the molecule is CCCOc1ccc(NC(=O)C(=O)NCC(C)O)cc1. The summed E-state index contributed by atoms with van der Waals surface area (Å²) < 4.78 is 5.41. The van der Waals surface area contributed by atoms with Crippen LogP contribution < -0.4 is 15.4 Å². The summed E-state index contributed by atoms with van der Waals surface area (Å²) in [5, 5.41) is 13.8. The molecular formula is C14H20N2O4. The van der Waals surface area contributed by atoms with Gasteiger partial charge in [0.05, 0.1) is 12.7 Å². The molecule has 0 spiro atoms. The summed E-state index contributed by atoms with van der Waals surface area (Å²) in [5.74, 6) is -0.839. The largest absolute Gasteiger partial charge is 0.494 e. The number of hydrogen-bond donors (Lipinski definition) is 3. The number of hydrogen-bond acceptors (Lipinski definition) is 4. The highest BCUT2D eigenvalue weighted by Crippen LogP contribution is 2.15. The van der Waals surface area contributed by atoms with Crippen molar-refractivity contribution in [2.75, 3.05) is 18.5 Å². The van der Waals surface area contributed by atoms with E-state index in [4.69, 9.17) is 9.84 Å². The molecule has 20 heavy (non-hydrogen) atoms. The van der Waals surface area contributed by atoms with E-state index in [9.17, 15) is 9.59 Å². The van der Waals surface area contributed by atoms with Crippen LogP contribution >= 0.6 is 0 Å². The Morgan fingerprint density at radius 3 is 2.45 bits per heavy atom. The summed E-state index contributed by atoms with van der Waals surface area (Å²) in [6.45, 7) is 4.21. The summed E-state index contributed by atoms with van der Waals surface area (Å²) in [4.78, 5) is 22.9. The van der Waals surface area contributed by atoms with E-state index < -0.39 is 17.9 Å². The minimum absolute atomic E-state index is 0.0377. The van der Waals surface area contributed by atoms with Crippen LogP contribution in [0.1, 0.15) is 20.3 Å². The number of carbonyl (C=O) groups is 2. The van der Waals surface area contributed by atoms with Crippen molar-refractivity contribution in [3.63, 3.8) is 0 Å². The molecule has 1 rings (SSSR count). The Balaban J connectivity index is 2.47. The summed E-state index contributed by atoms with van der Waals surface area (Å²) in [5.41, 5.74) is 0.506. The average molecular weight is 280 g/mol. The van der Waals surface area contributed by atoms with Crippen molar-refractivity contribution in [3.05, 3.63) is 24.3 Å². The molecule has 0 aliphatic rings. The van der Waals surface area contributed by atoms with Crippen molar-refractivity contribution in [3.8, 4) is 5.75 Å². The van der Waals surface area contributed by atoms with E-state index in [0.717, 1.165) is 6.42 Å². The Bertz CT molecular complexity index is 443. The first-order chi connectivity index (χ1) is 9.52. The molecule has 6 heteroatoms. The fourth-order valence-corrected chi connectivity index (χ4v) is 1.36. The highest BCUT2D eigenvalue weighted by atomic mass is 16.5. The molecule has 3 N–H and O–H groups in total. The van der Waals surface area contributed by atoms with Crippen LogP contribution in [0.15, 0.2) is 24.3 Å². The van der Waals surface area contributed by atoms with Crippen LogP contribution in [0, 0.1) is 0 Å². The molecule has 0 aromatic heterocycles. The molecule has 110 valence electrons. The molecule has 0 aliphatic heterocycles. The fraction of sp³-hybridized carbons (Fsp3) is 0.429. The Morgan fingerprint density at radius 1 is 1.25 bits per heavy atom. The van der Waals surface area contributed by atoms with Gasteiger partial charge in [0.2, 0.25) is 0 Å². The molecule has 0 radical (unpaired) electrons. The van der Waals surface area contributed by atoms with Crippen LogP contribution in [-0.4, -0.2) is 36.2 Å². The third-order valence-electron chi connectivity index (χ3n) is 2.35. The normalized spacial score (nSPS) is 11.6. The zero-order valence-electron chi connectivity index (χ0n) is 11.7. The summed E-state index contributed by atoms with van der Waals surface area (Å²) >= 11 is 0. The molecule has 0 fully saturated rings. The number of carbonyl (C=O) groups excluding carboxylic acids is 2.